The number of benzene rings is 1. The first-order chi connectivity index (χ1) is 5.54. The van der Waals surface area contributed by atoms with E-state index >= 15 is 0 Å². The third kappa shape index (κ3) is 2.12. The van der Waals surface area contributed by atoms with Gasteiger partial charge in [-0.05, 0) is 0 Å². The summed E-state index contributed by atoms with van der Waals surface area (Å²) in [5.74, 6) is 5.07. The molecule has 1 rings (SSSR count). The summed E-state index contributed by atoms with van der Waals surface area (Å²) in [4.78, 5) is 0. The molecule has 1 aromatic carbocycles. The van der Waals surface area contributed by atoms with E-state index in [4.69, 9.17) is 14.0 Å². The van der Waals surface area contributed by atoms with Gasteiger partial charge in [-0.25, -0.2) is 0 Å². The Morgan fingerprint density at radius 3 is 2.08 bits per heavy atom. The Balaban J connectivity index is 3.01. The molecule has 5 N–H and O–H groups in total. The predicted molar refractivity (Wildman–Crippen MR) is 44.8 cm³/mol. The SMILES string of the molecule is NNc1ccc([As](=O)(O)O)cc1. The predicted octanol–water partition coefficient (Wildman–Crippen LogP) is -1.47. The molecule has 0 amide bonds. The van der Waals surface area contributed by atoms with Crippen molar-refractivity contribution in [3.63, 3.8) is 0 Å². The van der Waals surface area contributed by atoms with Gasteiger partial charge in [0.15, 0.2) is 0 Å². The summed E-state index contributed by atoms with van der Waals surface area (Å²) in [5, 5.41) is 0. The van der Waals surface area contributed by atoms with E-state index in [0.717, 1.165) is 0 Å². The minimum absolute atomic E-state index is 0.0483. The molecule has 0 aliphatic heterocycles. The number of rotatable bonds is 2. The first-order valence-corrected chi connectivity index (χ1v) is 6.55. The number of hydrazine groups is 1. The van der Waals surface area contributed by atoms with Crippen LogP contribution in [0.25, 0.3) is 0 Å². The maximum atomic E-state index is 10.7. The summed E-state index contributed by atoms with van der Waals surface area (Å²) in [7, 11) is 0. The monoisotopic (exact) mass is 232 g/mol. The van der Waals surface area contributed by atoms with Gasteiger partial charge in [-0.2, -0.15) is 0 Å². The summed E-state index contributed by atoms with van der Waals surface area (Å²) >= 11 is -4.71. The van der Waals surface area contributed by atoms with Crippen LogP contribution in [0.15, 0.2) is 24.3 Å². The molecule has 6 heteroatoms. The van der Waals surface area contributed by atoms with Crippen LogP contribution in [0.1, 0.15) is 0 Å². The van der Waals surface area contributed by atoms with Gasteiger partial charge in [0, 0.05) is 0 Å². The molecule has 0 aromatic heterocycles. The molecule has 66 valence electrons. The van der Waals surface area contributed by atoms with E-state index in [-0.39, 0.29) is 4.35 Å². The summed E-state index contributed by atoms with van der Waals surface area (Å²) in [6.07, 6.45) is 0. The Kier molecular flexibility index (Phi) is 2.59. The number of hydrogen-bond acceptors (Lipinski definition) is 3. The second kappa shape index (κ2) is 3.33. The Labute approximate surface area is 72.2 Å². The maximum absolute atomic E-state index is 10.7. The van der Waals surface area contributed by atoms with Crippen molar-refractivity contribution < 1.29 is 11.9 Å². The van der Waals surface area contributed by atoms with Crippen LogP contribution < -0.4 is 15.6 Å². The molecule has 0 aliphatic rings. The third-order valence-electron chi connectivity index (χ3n) is 1.37. The van der Waals surface area contributed by atoms with Crippen LogP contribution in [-0.2, 0) is 3.74 Å². The van der Waals surface area contributed by atoms with Crippen molar-refractivity contribution in [2.45, 2.75) is 0 Å². The molecule has 0 bridgehead atoms. The molecule has 12 heavy (non-hydrogen) atoms. The van der Waals surface area contributed by atoms with Gasteiger partial charge in [0.2, 0.25) is 0 Å². The van der Waals surface area contributed by atoms with Crippen molar-refractivity contribution in [1.82, 2.24) is 0 Å². The second-order valence-corrected chi connectivity index (χ2v) is 5.60. The average molecular weight is 232 g/mol. The molecule has 0 atom stereocenters. The molecule has 0 saturated carbocycles. The van der Waals surface area contributed by atoms with Crippen LogP contribution in [0.5, 0.6) is 0 Å². The molecular weight excluding hydrogens is 223 g/mol. The zero-order valence-electron chi connectivity index (χ0n) is 6.14. The molecule has 0 spiro atoms. The number of hydrogen-bond donors (Lipinski definition) is 4. The van der Waals surface area contributed by atoms with Crippen molar-refractivity contribution in [2.75, 3.05) is 5.43 Å². The van der Waals surface area contributed by atoms with Gasteiger partial charge >= 0.3 is 71.7 Å². The molecule has 0 saturated heterocycles. The molecule has 0 heterocycles. The van der Waals surface area contributed by atoms with Crippen LogP contribution in [0.2, 0.25) is 0 Å². The van der Waals surface area contributed by atoms with Crippen LogP contribution >= 0.6 is 0 Å². The third-order valence-corrected chi connectivity index (χ3v) is 3.41. The van der Waals surface area contributed by atoms with Gasteiger partial charge in [-0.3, -0.25) is 0 Å². The van der Waals surface area contributed by atoms with Gasteiger partial charge in [0.25, 0.3) is 0 Å². The average Bonchev–Trinajstić information content (AvgIpc) is 2.03. The van der Waals surface area contributed by atoms with Crippen molar-refractivity contribution >= 4 is 24.2 Å². The van der Waals surface area contributed by atoms with E-state index < -0.39 is 14.2 Å². The summed E-state index contributed by atoms with van der Waals surface area (Å²) in [6, 6.07) is 5.73. The normalized spacial score (nSPS) is 11.2. The topological polar surface area (TPSA) is 95.6 Å². The zero-order valence-corrected chi connectivity index (χ0v) is 8.01. The van der Waals surface area contributed by atoms with E-state index in [1.165, 1.54) is 24.3 Å². The Bertz CT molecular complexity index is 305. The van der Waals surface area contributed by atoms with Gasteiger partial charge in [0.05, 0.1) is 0 Å². The van der Waals surface area contributed by atoms with Crippen LogP contribution in [-0.4, -0.2) is 22.4 Å². The molecule has 0 fully saturated rings. The van der Waals surface area contributed by atoms with Gasteiger partial charge < -0.3 is 0 Å². The van der Waals surface area contributed by atoms with Gasteiger partial charge in [-0.1, -0.05) is 0 Å². The number of nitrogen functional groups attached to an aromatic ring is 1. The number of nitrogens with two attached hydrogens (primary N) is 1. The molecular formula is C6H9AsN2O3. The quantitative estimate of drug-likeness (QED) is 0.284. The fourth-order valence-electron chi connectivity index (χ4n) is 0.752. The van der Waals surface area contributed by atoms with Crippen molar-refractivity contribution in [1.29, 1.82) is 0 Å². The molecule has 0 radical (unpaired) electrons. The standard InChI is InChI=1S/C6H9AsN2O3/c8-9-6-3-1-5(2-4-6)7(10,11)12/h1-4,9H,8H2,(H2,10,11,12). The Hall–Kier alpha value is -0.742. The molecule has 0 aliphatic carbocycles. The van der Waals surface area contributed by atoms with Crippen molar-refractivity contribution in [3.05, 3.63) is 24.3 Å². The molecule has 5 nitrogen and oxygen atoms in total. The summed E-state index contributed by atoms with van der Waals surface area (Å²) < 4.78 is 28.3. The molecule has 1 aromatic rings. The van der Waals surface area contributed by atoms with E-state index in [1.807, 2.05) is 0 Å². The van der Waals surface area contributed by atoms with Crippen LogP contribution in [0, 0.1) is 0 Å². The van der Waals surface area contributed by atoms with E-state index in [9.17, 15) is 3.74 Å². The fourth-order valence-corrected chi connectivity index (χ4v) is 1.88. The van der Waals surface area contributed by atoms with E-state index in [2.05, 4.69) is 5.43 Å². The fraction of sp³-hybridized carbons (Fsp3) is 0. The second-order valence-electron chi connectivity index (χ2n) is 2.24. The first-order valence-electron chi connectivity index (χ1n) is 3.17. The van der Waals surface area contributed by atoms with Crippen LogP contribution in [0.4, 0.5) is 5.69 Å². The number of anilines is 1. The molecule has 0 unspecified atom stereocenters. The summed E-state index contributed by atoms with van der Waals surface area (Å²) in [5.41, 5.74) is 2.97. The van der Waals surface area contributed by atoms with E-state index in [0.29, 0.717) is 5.69 Å². The van der Waals surface area contributed by atoms with Gasteiger partial charge in [-0.15, -0.1) is 0 Å². The van der Waals surface area contributed by atoms with Gasteiger partial charge in [0.1, 0.15) is 0 Å². The van der Waals surface area contributed by atoms with Crippen LogP contribution in [0.3, 0.4) is 0 Å². The number of nitrogens with one attached hydrogen (secondary N) is 1. The van der Waals surface area contributed by atoms with Crippen molar-refractivity contribution in [3.8, 4) is 0 Å². The first kappa shape index (κ1) is 9.35. The Morgan fingerprint density at radius 1 is 1.25 bits per heavy atom. The minimum atomic E-state index is -4.71. The van der Waals surface area contributed by atoms with E-state index in [1.54, 1.807) is 0 Å². The Morgan fingerprint density at radius 2 is 1.75 bits per heavy atom. The van der Waals surface area contributed by atoms with Crippen molar-refractivity contribution in [2.24, 2.45) is 5.84 Å². The summed E-state index contributed by atoms with van der Waals surface area (Å²) in [6.45, 7) is 0. The zero-order chi connectivity index (χ0) is 9.19.